The van der Waals surface area contributed by atoms with Crippen LogP contribution >= 0.6 is 0 Å². The third-order valence-corrected chi connectivity index (χ3v) is 5.73. The topological polar surface area (TPSA) is 69.7 Å². The highest BCUT2D eigenvalue weighted by Gasteiger charge is 2.55. The molecule has 0 radical (unpaired) electrons. The van der Waals surface area contributed by atoms with Gasteiger partial charge in [-0.3, -0.25) is 14.5 Å². The molecular formula is C20H27N3O3. The van der Waals surface area contributed by atoms with Gasteiger partial charge in [-0.2, -0.15) is 0 Å². The van der Waals surface area contributed by atoms with Crippen molar-refractivity contribution in [3.8, 4) is 0 Å². The molecule has 1 spiro atoms. The van der Waals surface area contributed by atoms with Gasteiger partial charge in [-0.1, -0.05) is 37.0 Å². The Balaban J connectivity index is 1.75. The summed E-state index contributed by atoms with van der Waals surface area (Å²) in [4.78, 5) is 40.8. The lowest BCUT2D eigenvalue weighted by Crippen LogP contribution is -2.49. The first-order valence-electron chi connectivity index (χ1n) is 9.24. The molecule has 0 atom stereocenters. The van der Waals surface area contributed by atoms with Crippen LogP contribution in [0.3, 0.4) is 0 Å². The second-order valence-electron chi connectivity index (χ2n) is 7.65. The number of carbonyl (C=O) groups is 3. The molecule has 3 rings (SSSR count). The van der Waals surface area contributed by atoms with Crippen LogP contribution in [0.2, 0.25) is 0 Å². The lowest BCUT2D eigenvalue weighted by atomic mass is 9.81. The van der Waals surface area contributed by atoms with E-state index >= 15 is 0 Å². The van der Waals surface area contributed by atoms with E-state index in [2.05, 4.69) is 5.32 Å². The fourth-order valence-electron chi connectivity index (χ4n) is 4.37. The molecule has 26 heavy (non-hydrogen) atoms. The number of nitrogens with one attached hydrogen (secondary N) is 1. The summed E-state index contributed by atoms with van der Waals surface area (Å²) in [5.74, 6) is -0.569. The lowest BCUT2D eigenvalue weighted by Gasteiger charge is -2.35. The van der Waals surface area contributed by atoms with Gasteiger partial charge in [0.05, 0.1) is 0 Å². The zero-order valence-electron chi connectivity index (χ0n) is 16.0. The number of anilines is 1. The number of benzene rings is 1. The van der Waals surface area contributed by atoms with Gasteiger partial charge < -0.3 is 10.2 Å². The third-order valence-electron chi connectivity index (χ3n) is 5.73. The number of likely N-dealkylation sites (N-methyl/N-ethyl adjacent to an activating group) is 1. The summed E-state index contributed by atoms with van der Waals surface area (Å²) in [6, 6.07) is 3.63. The molecule has 1 heterocycles. The van der Waals surface area contributed by atoms with E-state index in [1.165, 1.54) is 0 Å². The Morgan fingerprint density at radius 2 is 1.65 bits per heavy atom. The highest BCUT2D eigenvalue weighted by molar-refractivity contribution is 6.10. The number of rotatable bonds is 3. The first-order chi connectivity index (χ1) is 12.3. The molecule has 1 saturated heterocycles. The second-order valence-corrected chi connectivity index (χ2v) is 7.65. The van der Waals surface area contributed by atoms with E-state index in [4.69, 9.17) is 0 Å². The Morgan fingerprint density at radius 3 is 2.23 bits per heavy atom. The number of carbonyl (C=O) groups excluding carboxylic acids is 3. The Morgan fingerprint density at radius 1 is 1.08 bits per heavy atom. The summed E-state index contributed by atoms with van der Waals surface area (Å²) in [6.07, 6.45) is 4.32. The van der Waals surface area contributed by atoms with Gasteiger partial charge in [-0.05, 0) is 44.7 Å². The largest absolute Gasteiger partial charge is 0.327 e. The predicted octanol–water partition coefficient (Wildman–Crippen LogP) is 3.15. The predicted molar refractivity (Wildman–Crippen MR) is 100.0 cm³/mol. The minimum atomic E-state index is -0.745. The molecule has 2 fully saturated rings. The zero-order valence-corrected chi connectivity index (χ0v) is 16.0. The molecule has 2 aliphatic rings. The van der Waals surface area contributed by atoms with Crippen molar-refractivity contribution in [2.24, 2.45) is 0 Å². The number of hydrogen-bond acceptors (Lipinski definition) is 3. The summed E-state index contributed by atoms with van der Waals surface area (Å²) in [6.45, 7) is 5.64. The van der Waals surface area contributed by atoms with Crippen molar-refractivity contribution in [1.82, 2.24) is 9.80 Å². The van der Waals surface area contributed by atoms with Crippen molar-refractivity contribution in [2.75, 3.05) is 18.9 Å². The quantitative estimate of drug-likeness (QED) is 0.845. The molecule has 1 aromatic rings. The number of hydrogen-bond donors (Lipinski definition) is 1. The van der Waals surface area contributed by atoms with Crippen LogP contribution in [0.4, 0.5) is 10.5 Å². The fraction of sp³-hybridized carbons (Fsp3) is 0.550. The Kier molecular flexibility index (Phi) is 4.78. The van der Waals surface area contributed by atoms with Crippen LogP contribution in [0.25, 0.3) is 0 Å². The highest BCUT2D eigenvalue weighted by atomic mass is 16.2. The maximum atomic E-state index is 13.0. The molecule has 0 unspecified atom stereocenters. The van der Waals surface area contributed by atoms with Gasteiger partial charge in [0.1, 0.15) is 12.1 Å². The molecule has 1 aromatic carbocycles. The molecular weight excluding hydrogens is 330 g/mol. The number of aryl methyl sites for hydroxylation is 3. The van der Waals surface area contributed by atoms with Crippen LogP contribution in [0, 0.1) is 20.8 Å². The molecule has 1 aliphatic heterocycles. The van der Waals surface area contributed by atoms with E-state index in [9.17, 15) is 14.4 Å². The molecule has 1 N–H and O–H groups in total. The first kappa shape index (κ1) is 18.4. The smallest absolute Gasteiger partial charge is 0.324 e. The van der Waals surface area contributed by atoms with Crippen molar-refractivity contribution in [1.29, 1.82) is 0 Å². The molecule has 6 nitrogen and oxygen atoms in total. The van der Waals surface area contributed by atoms with Gasteiger partial charge in [0.25, 0.3) is 5.91 Å². The van der Waals surface area contributed by atoms with Gasteiger partial charge in [-0.15, -0.1) is 0 Å². The van der Waals surface area contributed by atoms with E-state index in [0.29, 0.717) is 12.8 Å². The molecule has 0 bridgehead atoms. The Labute approximate surface area is 154 Å². The van der Waals surface area contributed by atoms with Crippen LogP contribution in [-0.4, -0.2) is 46.8 Å². The van der Waals surface area contributed by atoms with Gasteiger partial charge in [-0.25, -0.2) is 4.79 Å². The van der Waals surface area contributed by atoms with Crippen molar-refractivity contribution < 1.29 is 14.4 Å². The minimum Gasteiger partial charge on any atom is -0.324 e. The van der Waals surface area contributed by atoms with Crippen molar-refractivity contribution in [2.45, 2.75) is 58.4 Å². The monoisotopic (exact) mass is 357 g/mol. The average molecular weight is 357 g/mol. The van der Waals surface area contributed by atoms with Crippen LogP contribution in [-0.2, 0) is 9.59 Å². The van der Waals surface area contributed by atoms with Crippen LogP contribution in [0.5, 0.6) is 0 Å². The SMILES string of the molecule is Cc1cc(C)c(NC(=O)CN2C(=O)N(C)C3(CCCCC3)C2=O)c(C)c1. The summed E-state index contributed by atoms with van der Waals surface area (Å²) < 4.78 is 0. The van der Waals surface area contributed by atoms with Crippen LogP contribution in [0.1, 0.15) is 48.8 Å². The van der Waals surface area contributed by atoms with Gasteiger partial charge in [0.15, 0.2) is 0 Å². The Hall–Kier alpha value is -2.37. The maximum Gasteiger partial charge on any atom is 0.327 e. The minimum absolute atomic E-state index is 0.225. The first-order valence-corrected chi connectivity index (χ1v) is 9.24. The lowest BCUT2D eigenvalue weighted by molar-refractivity contribution is -0.136. The summed E-state index contributed by atoms with van der Waals surface area (Å²) in [7, 11) is 1.68. The maximum absolute atomic E-state index is 13.0. The zero-order chi connectivity index (χ0) is 19.1. The van der Waals surface area contributed by atoms with Gasteiger partial charge >= 0.3 is 6.03 Å². The molecule has 1 aliphatic carbocycles. The van der Waals surface area contributed by atoms with Crippen molar-refractivity contribution >= 4 is 23.5 Å². The number of imide groups is 1. The third kappa shape index (κ3) is 2.97. The Bertz CT molecular complexity index is 743. The normalized spacial score (nSPS) is 19.4. The van der Waals surface area contributed by atoms with Crippen LogP contribution < -0.4 is 5.32 Å². The molecule has 0 aromatic heterocycles. The highest BCUT2D eigenvalue weighted by Crippen LogP contribution is 2.39. The molecule has 6 heteroatoms. The van der Waals surface area contributed by atoms with Gasteiger partial charge in [0, 0.05) is 12.7 Å². The number of urea groups is 1. The number of nitrogens with zero attached hydrogens (tertiary/aromatic N) is 2. The molecule has 140 valence electrons. The van der Waals surface area contributed by atoms with E-state index in [0.717, 1.165) is 46.5 Å². The molecule has 1 saturated carbocycles. The van der Waals surface area contributed by atoms with E-state index in [1.807, 2.05) is 32.9 Å². The summed E-state index contributed by atoms with van der Waals surface area (Å²) in [5, 5.41) is 2.88. The standard InChI is InChI=1S/C20H27N3O3/c1-13-10-14(2)17(15(3)11-13)21-16(24)12-23-18(25)20(22(4)19(23)26)8-6-5-7-9-20/h10-11H,5-9,12H2,1-4H3,(H,21,24). The van der Waals surface area contributed by atoms with E-state index in [-0.39, 0.29) is 24.4 Å². The number of amides is 4. The van der Waals surface area contributed by atoms with Gasteiger partial charge in [0.2, 0.25) is 5.91 Å². The fourth-order valence-corrected chi connectivity index (χ4v) is 4.37. The summed E-state index contributed by atoms with van der Waals surface area (Å²) in [5.41, 5.74) is 3.07. The summed E-state index contributed by atoms with van der Waals surface area (Å²) >= 11 is 0. The van der Waals surface area contributed by atoms with E-state index < -0.39 is 5.54 Å². The molecule has 4 amide bonds. The van der Waals surface area contributed by atoms with Crippen molar-refractivity contribution in [3.05, 3.63) is 28.8 Å². The van der Waals surface area contributed by atoms with E-state index in [1.54, 1.807) is 11.9 Å². The average Bonchev–Trinajstić information content (AvgIpc) is 2.75. The van der Waals surface area contributed by atoms with Crippen LogP contribution in [0.15, 0.2) is 12.1 Å². The van der Waals surface area contributed by atoms with Crippen molar-refractivity contribution in [3.63, 3.8) is 0 Å². The second kappa shape index (κ2) is 6.74.